The maximum Gasteiger partial charge on any atom is 0.203 e. The van der Waals surface area contributed by atoms with Crippen molar-refractivity contribution in [3.63, 3.8) is 0 Å². The number of carbonyl (C=O) groups excluding carboxylic acids is 1. The summed E-state index contributed by atoms with van der Waals surface area (Å²) in [6.07, 6.45) is 3.58. The standard InChI is InChI=1S/C15H13NO3/c1-10-4-11(7-16-6-10)8-18-12-2-3-13-14(17)9-19-15(13)5-12/h2-7H,8-9H2,1H3. The summed E-state index contributed by atoms with van der Waals surface area (Å²) >= 11 is 0. The fourth-order valence-electron chi connectivity index (χ4n) is 2.03. The van der Waals surface area contributed by atoms with Crippen molar-refractivity contribution in [3.05, 3.63) is 53.3 Å². The Bertz CT molecular complexity index is 637. The predicted octanol–water partition coefficient (Wildman–Crippen LogP) is 2.54. The summed E-state index contributed by atoms with van der Waals surface area (Å²) in [5, 5.41) is 0. The smallest absolute Gasteiger partial charge is 0.203 e. The lowest BCUT2D eigenvalue weighted by molar-refractivity contribution is 0.0961. The topological polar surface area (TPSA) is 48.4 Å². The second kappa shape index (κ2) is 4.72. The Kier molecular flexibility index (Phi) is 2.91. The van der Waals surface area contributed by atoms with Crippen LogP contribution in [0.15, 0.2) is 36.7 Å². The SMILES string of the molecule is Cc1cncc(COc2ccc3c(c2)OCC3=O)c1. The number of fused-ring (bicyclic) bond motifs is 1. The van der Waals surface area contributed by atoms with Gasteiger partial charge in [-0.25, -0.2) is 0 Å². The van der Waals surface area contributed by atoms with Crippen molar-refractivity contribution >= 4 is 5.78 Å². The number of hydrogen-bond acceptors (Lipinski definition) is 4. The zero-order chi connectivity index (χ0) is 13.2. The number of rotatable bonds is 3. The van der Waals surface area contributed by atoms with E-state index in [0.29, 0.717) is 23.7 Å². The van der Waals surface area contributed by atoms with Crippen molar-refractivity contribution in [1.29, 1.82) is 0 Å². The van der Waals surface area contributed by atoms with Gasteiger partial charge in [0.2, 0.25) is 5.78 Å². The molecule has 2 aromatic rings. The average molecular weight is 255 g/mol. The van der Waals surface area contributed by atoms with Gasteiger partial charge in [0.1, 0.15) is 18.1 Å². The fraction of sp³-hybridized carbons (Fsp3) is 0.200. The van der Waals surface area contributed by atoms with Crippen molar-refractivity contribution in [2.75, 3.05) is 6.61 Å². The zero-order valence-corrected chi connectivity index (χ0v) is 10.6. The van der Waals surface area contributed by atoms with Crippen molar-refractivity contribution < 1.29 is 14.3 Å². The minimum Gasteiger partial charge on any atom is -0.489 e. The van der Waals surface area contributed by atoms with Crippen LogP contribution in [-0.2, 0) is 6.61 Å². The van der Waals surface area contributed by atoms with Gasteiger partial charge < -0.3 is 9.47 Å². The van der Waals surface area contributed by atoms with E-state index in [9.17, 15) is 4.79 Å². The molecule has 2 heterocycles. The highest BCUT2D eigenvalue weighted by atomic mass is 16.5. The number of carbonyl (C=O) groups is 1. The molecule has 1 aliphatic heterocycles. The molecule has 1 aromatic heterocycles. The molecule has 96 valence electrons. The van der Waals surface area contributed by atoms with Crippen molar-refractivity contribution in [2.45, 2.75) is 13.5 Å². The van der Waals surface area contributed by atoms with E-state index in [4.69, 9.17) is 9.47 Å². The number of Topliss-reactive ketones (excluding diaryl/α,β-unsaturated/α-hetero) is 1. The molecule has 0 saturated carbocycles. The van der Waals surface area contributed by atoms with E-state index in [1.807, 2.05) is 13.0 Å². The normalized spacial score (nSPS) is 13.0. The Hall–Kier alpha value is -2.36. The summed E-state index contributed by atoms with van der Waals surface area (Å²) in [4.78, 5) is 15.5. The Morgan fingerprint density at radius 1 is 1.32 bits per heavy atom. The van der Waals surface area contributed by atoms with E-state index in [2.05, 4.69) is 4.98 Å². The van der Waals surface area contributed by atoms with Crippen LogP contribution in [0.1, 0.15) is 21.5 Å². The van der Waals surface area contributed by atoms with Gasteiger partial charge in [-0.05, 0) is 30.7 Å². The molecular formula is C15H13NO3. The van der Waals surface area contributed by atoms with Gasteiger partial charge in [-0.1, -0.05) is 0 Å². The maximum absolute atomic E-state index is 11.4. The molecule has 0 fully saturated rings. The summed E-state index contributed by atoms with van der Waals surface area (Å²) in [6, 6.07) is 7.31. The number of hydrogen-bond donors (Lipinski definition) is 0. The number of aryl methyl sites for hydroxylation is 1. The lowest BCUT2D eigenvalue weighted by atomic mass is 10.1. The highest BCUT2D eigenvalue weighted by molar-refractivity contribution is 6.02. The number of benzene rings is 1. The number of pyridine rings is 1. The van der Waals surface area contributed by atoms with Gasteiger partial charge in [0, 0.05) is 24.0 Å². The first-order valence-electron chi connectivity index (χ1n) is 6.06. The van der Waals surface area contributed by atoms with Gasteiger partial charge in [-0.2, -0.15) is 0 Å². The predicted molar refractivity (Wildman–Crippen MR) is 69.6 cm³/mol. The maximum atomic E-state index is 11.4. The third-order valence-electron chi connectivity index (χ3n) is 2.95. The minimum absolute atomic E-state index is 0.0180. The molecule has 0 atom stereocenters. The summed E-state index contributed by atoms with van der Waals surface area (Å²) in [5.74, 6) is 1.31. The van der Waals surface area contributed by atoms with Crippen molar-refractivity contribution in [3.8, 4) is 11.5 Å². The van der Waals surface area contributed by atoms with E-state index < -0.39 is 0 Å². The number of ether oxygens (including phenoxy) is 2. The van der Waals surface area contributed by atoms with Gasteiger partial charge in [0.15, 0.2) is 6.61 Å². The fourth-order valence-corrected chi connectivity index (χ4v) is 2.03. The van der Waals surface area contributed by atoms with Gasteiger partial charge >= 0.3 is 0 Å². The van der Waals surface area contributed by atoms with E-state index in [0.717, 1.165) is 11.1 Å². The van der Waals surface area contributed by atoms with Crippen LogP contribution in [0, 0.1) is 6.92 Å². The van der Waals surface area contributed by atoms with Gasteiger partial charge in [0.25, 0.3) is 0 Å². The van der Waals surface area contributed by atoms with E-state index in [1.165, 1.54) is 0 Å². The second-order valence-electron chi connectivity index (χ2n) is 4.53. The number of aromatic nitrogens is 1. The Labute approximate surface area is 111 Å². The van der Waals surface area contributed by atoms with Crippen LogP contribution >= 0.6 is 0 Å². The molecule has 0 unspecified atom stereocenters. The highest BCUT2D eigenvalue weighted by Gasteiger charge is 2.21. The Morgan fingerprint density at radius 3 is 3.05 bits per heavy atom. The molecule has 0 spiro atoms. The van der Waals surface area contributed by atoms with E-state index in [1.54, 1.807) is 30.6 Å². The van der Waals surface area contributed by atoms with Crippen LogP contribution in [0.2, 0.25) is 0 Å². The highest BCUT2D eigenvalue weighted by Crippen LogP contribution is 2.29. The molecule has 4 nitrogen and oxygen atoms in total. The first kappa shape index (κ1) is 11.7. The average Bonchev–Trinajstić information content (AvgIpc) is 2.78. The van der Waals surface area contributed by atoms with Gasteiger partial charge in [0.05, 0.1) is 5.56 Å². The molecule has 0 N–H and O–H groups in total. The summed E-state index contributed by atoms with van der Waals surface area (Å²) in [5.41, 5.74) is 2.74. The van der Waals surface area contributed by atoms with Crippen molar-refractivity contribution in [2.24, 2.45) is 0 Å². The molecule has 4 heteroatoms. The van der Waals surface area contributed by atoms with Crippen LogP contribution in [0.4, 0.5) is 0 Å². The Balaban J connectivity index is 1.73. The number of ketones is 1. The number of nitrogens with zero attached hydrogens (tertiary/aromatic N) is 1. The minimum atomic E-state index is 0.0180. The largest absolute Gasteiger partial charge is 0.489 e. The third kappa shape index (κ3) is 2.42. The van der Waals surface area contributed by atoms with Crippen molar-refractivity contribution in [1.82, 2.24) is 4.98 Å². The zero-order valence-electron chi connectivity index (χ0n) is 10.6. The summed E-state index contributed by atoms with van der Waals surface area (Å²) in [7, 11) is 0. The molecule has 3 rings (SSSR count). The molecule has 1 aliphatic rings. The lowest BCUT2D eigenvalue weighted by Gasteiger charge is -2.07. The van der Waals surface area contributed by atoms with Crippen LogP contribution in [0.25, 0.3) is 0 Å². The monoisotopic (exact) mass is 255 g/mol. The van der Waals surface area contributed by atoms with E-state index in [-0.39, 0.29) is 12.4 Å². The molecule has 1 aromatic carbocycles. The molecule has 0 aliphatic carbocycles. The van der Waals surface area contributed by atoms with Crippen LogP contribution in [0.5, 0.6) is 11.5 Å². The quantitative estimate of drug-likeness (QED) is 0.845. The van der Waals surface area contributed by atoms with Crippen LogP contribution < -0.4 is 9.47 Å². The molecule has 0 amide bonds. The first-order chi connectivity index (χ1) is 9.22. The third-order valence-corrected chi connectivity index (χ3v) is 2.95. The van der Waals surface area contributed by atoms with E-state index >= 15 is 0 Å². The lowest BCUT2D eigenvalue weighted by Crippen LogP contribution is -1.98. The second-order valence-corrected chi connectivity index (χ2v) is 4.53. The van der Waals surface area contributed by atoms with Crippen LogP contribution in [-0.4, -0.2) is 17.4 Å². The van der Waals surface area contributed by atoms with Crippen LogP contribution in [0.3, 0.4) is 0 Å². The molecular weight excluding hydrogens is 242 g/mol. The first-order valence-corrected chi connectivity index (χ1v) is 6.06. The Morgan fingerprint density at radius 2 is 2.21 bits per heavy atom. The molecule has 0 bridgehead atoms. The van der Waals surface area contributed by atoms with Gasteiger partial charge in [-0.3, -0.25) is 9.78 Å². The van der Waals surface area contributed by atoms with Gasteiger partial charge in [-0.15, -0.1) is 0 Å². The molecule has 0 saturated heterocycles. The molecule has 19 heavy (non-hydrogen) atoms. The molecule has 0 radical (unpaired) electrons. The summed E-state index contributed by atoms with van der Waals surface area (Å²) < 4.78 is 11.0. The summed E-state index contributed by atoms with van der Waals surface area (Å²) in [6.45, 7) is 2.56.